The molecule has 1 rings (SSSR count). The molecule has 1 amide bonds. The fourth-order valence-corrected chi connectivity index (χ4v) is 1.25. The van der Waals surface area contributed by atoms with E-state index in [9.17, 15) is 4.79 Å². The van der Waals surface area contributed by atoms with Crippen molar-refractivity contribution in [2.24, 2.45) is 0 Å². The number of ether oxygens (including phenoxy) is 1. The zero-order chi connectivity index (χ0) is 8.81. The standard InChI is InChI=1S/C7H10N2O2S/c1-11-5-6(10)9-4-7-8-2-3-12-7/h2-3H,4-5H2,1H3,(H,9,10). The molecule has 0 atom stereocenters. The summed E-state index contributed by atoms with van der Waals surface area (Å²) >= 11 is 1.52. The normalized spacial score (nSPS) is 9.75. The van der Waals surface area contributed by atoms with Crippen LogP contribution in [0.3, 0.4) is 0 Å². The first-order valence-corrected chi connectivity index (χ1v) is 4.35. The van der Waals surface area contributed by atoms with Gasteiger partial charge >= 0.3 is 0 Å². The number of aromatic nitrogens is 1. The largest absolute Gasteiger partial charge is 0.375 e. The number of nitrogens with zero attached hydrogens (tertiary/aromatic N) is 1. The van der Waals surface area contributed by atoms with Crippen LogP contribution in [-0.4, -0.2) is 24.6 Å². The zero-order valence-electron chi connectivity index (χ0n) is 6.74. The summed E-state index contributed by atoms with van der Waals surface area (Å²) in [6.07, 6.45) is 1.71. The van der Waals surface area contributed by atoms with Gasteiger partial charge in [-0.15, -0.1) is 11.3 Å². The third kappa shape index (κ3) is 2.98. The summed E-state index contributed by atoms with van der Waals surface area (Å²) in [7, 11) is 1.49. The summed E-state index contributed by atoms with van der Waals surface area (Å²) < 4.78 is 4.64. The van der Waals surface area contributed by atoms with Crippen molar-refractivity contribution in [3.63, 3.8) is 0 Å². The lowest BCUT2D eigenvalue weighted by Crippen LogP contribution is -2.26. The zero-order valence-corrected chi connectivity index (χ0v) is 7.56. The maximum atomic E-state index is 10.9. The van der Waals surface area contributed by atoms with E-state index >= 15 is 0 Å². The van der Waals surface area contributed by atoms with Crippen molar-refractivity contribution in [1.82, 2.24) is 10.3 Å². The molecule has 0 spiro atoms. The summed E-state index contributed by atoms with van der Waals surface area (Å²) in [5, 5.41) is 5.45. The predicted octanol–water partition coefficient (Wildman–Crippen LogP) is 0.406. The Morgan fingerprint density at radius 1 is 1.83 bits per heavy atom. The van der Waals surface area contributed by atoms with Gasteiger partial charge in [-0.1, -0.05) is 0 Å². The Balaban J connectivity index is 2.22. The van der Waals surface area contributed by atoms with Gasteiger partial charge in [0.25, 0.3) is 0 Å². The molecule has 0 radical (unpaired) electrons. The van der Waals surface area contributed by atoms with Gasteiger partial charge in [-0.25, -0.2) is 4.98 Å². The third-order valence-electron chi connectivity index (χ3n) is 1.20. The number of rotatable bonds is 4. The number of carbonyl (C=O) groups excluding carboxylic acids is 1. The van der Waals surface area contributed by atoms with Crippen LogP contribution in [0.2, 0.25) is 0 Å². The molecule has 0 fully saturated rings. The number of amides is 1. The Bertz CT molecular complexity index is 236. The van der Waals surface area contributed by atoms with Crippen LogP contribution < -0.4 is 5.32 Å². The highest BCUT2D eigenvalue weighted by Crippen LogP contribution is 2.02. The second-order valence-electron chi connectivity index (χ2n) is 2.14. The number of hydrogen-bond donors (Lipinski definition) is 1. The third-order valence-corrected chi connectivity index (χ3v) is 1.98. The lowest BCUT2D eigenvalue weighted by molar-refractivity contribution is -0.124. The van der Waals surface area contributed by atoms with Gasteiger partial charge in [0.05, 0.1) is 6.54 Å². The molecule has 0 aromatic carbocycles. The molecule has 12 heavy (non-hydrogen) atoms. The Hall–Kier alpha value is -0.940. The molecule has 0 aliphatic rings. The second kappa shape index (κ2) is 4.84. The lowest BCUT2D eigenvalue weighted by Gasteiger charge is -2.00. The van der Waals surface area contributed by atoms with Crippen molar-refractivity contribution in [2.45, 2.75) is 6.54 Å². The van der Waals surface area contributed by atoms with Gasteiger partial charge < -0.3 is 10.1 Å². The molecule has 0 saturated heterocycles. The predicted molar refractivity (Wildman–Crippen MR) is 45.8 cm³/mol. The van der Waals surface area contributed by atoms with Crippen LogP contribution in [0.1, 0.15) is 5.01 Å². The maximum Gasteiger partial charge on any atom is 0.246 e. The molecular weight excluding hydrogens is 176 g/mol. The molecule has 0 saturated carbocycles. The van der Waals surface area contributed by atoms with E-state index in [-0.39, 0.29) is 12.5 Å². The number of carbonyl (C=O) groups is 1. The van der Waals surface area contributed by atoms with E-state index in [0.29, 0.717) is 6.54 Å². The molecule has 0 bridgehead atoms. The second-order valence-corrected chi connectivity index (χ2v) is 3.11. The van der Waals surface area contributed by atoms with E-state index in [0.717, 1.165) is 5.01 Å². The van der Waals surface area contributed by atoms with Gasteiger partial charge in [-0.3, -0.25) is 4.79 Å². The van der Waals surface area contributed by atoms with Crippen molar-refractivity contribution < 1.29 is 9.53 Å². The summed E-state index contributed by atoms with van der Waals surface area (Å²) in [4.78, 5) is 14.9. The topological polar surface area (TPSA) is 51.2 Å². The fourth-order valence-electron chi connectivity index (χ4n) is 0.697. The number of nitrogens with one attached hydrogen (secondary N) is 1. The average molecular weight is 186 g/mol. The SMILES string of the molecule is COCC(=O)NCc1nccs1. The van der Waals surface area contributed by atoms with Crippen molar-refractivity contribution in [2.75, 3.05) is 13.7 Å². The Kier molecular flexibility index (Phi) is 3.69. The number of methoxy groups -OCH3 is 1. The van der Waals surface area contributed by atoms with Crippen LogP contribution in [0.15, 0.2) is 11.6 Å². The van der Waals surface area contributed by atoms with Crippen LogP contribution in [0.5, 0.6) is 0 Å². The Labute approximate surface area is 74.6 Å². The summed E-state index contributed by atoms with van der Waals surface area (Å²) in [5.74, 6) is -0.118. The first kappa shape index (κ1) is 9.15. The molecule has 0 aliphatic carbocycles. The minimum absolute atomic E-state index is 0.103. The van der Waals surface area contributed by atoms with Gasteiger partial charge in [-0.05, 0) is 0 Å². The molecule has 1 aromatic heterocycles. The minimum Gasteiger partial charge on any atom is -0.375 e. The molecule has 1 N–H and O–H groups in total. The molecular formula is C7H10N2O2S. The van der Waals surface area contributed by atoms with Gasteiger partial charge in [0.15, 0.2) is 0 Å². The van der Waals surface area contributed by atoms with Gasteiger partial charge in [0.2, 0.25) is 5.91 Å². The molecule has 66 valence electrons. The Morgan fingerprint density at radius 2 is 2.67 bits per heavy atom. The van der Waals surface area contributed by atoms with Gasteiger partial charge in [-0.2, -0.15) is 0 Å². The fraction of sp³-hybridized carbons (Fsp3) is 0.429. The van der Waals surface area contributed by atoms with Crippen LogP contribution in [-0.2, 0) is 16.1 Å². The molecule has 0 unspecified atom stereocenters. The lowest BCUT2D eigenvalue weighted by atomic mass is 10.6. The summed E-state index contributed by atoms with van der Waals surface area (Å²) in [6, 6.07) is 0. The summed E-state index contributed by atoms with van der Waals surface area (Å²) in [6.45, 7) is 0.589. The van der Waals surface area contributed by atoms with E-state index in [2.05, 4.69) is 15.0 Å². The highest BCUT2D eigenvalue weighted by molar-refractivity contribution is 7.09. The quantitative estimate of drug-likeness (QED) is 0.740. The highest BCUT2D eigenvalue weighted by atomic mass is 32.1. The smallest absolute Gasteiger partial charge is 0.246 e. The average Bonchev–Trinajstić information content (AvgIpc) is 2.53. The first-order chi connectivity index (χ1) is 5.83. The molecule has 4 nitrogen and oxygen atoms in total. The van der Waals surface area contributed by atoms with Gasteiger partial charge in [0, 0.05) is 18.7 Å². The van der Waals surface area contributed by atoms with Crippen LogP contribution in [0, 0.1) is 0 Å². The first-order valence-electron chi connectivity index (χ1n) is 3.47. The maximum absolute atomic E-state index is 10.9. The number of thiazole rings is 1. The molecule has 1 aromatic rings. The van der Waals surface area contributed by atoms with Crippen molar-refractivity contribution >= 4 is 17.2 Å². The van der Waals surface area contributed by atoms with Crippen LogP contribution in [0.4, 0.5) is 0 Å². The molecule has 1 heterocycles. The van der Waals surface area contributed by atoms with E-state index in [1.54, 1.807) is 6.20 Å². The molecule has 5 heteroatoms. The van der Waals surface area contributed by atoms with Crippen molar-refractivity contribution in [3.05, 3.63) is 16.6 Å². The number of hydrogen-bond acceptors (Lipinski definition) is 4. The van der Waals surface area contributed by atoms with Crippen molar-refractivity contribution in [3.8, 4) is 0 Å². The molecule has 0 aliphatic heterocycles. The van der Waals surface area contributed by atoms with Crippen LogP contribution in [0.25, 0.3) is 0 Å². The van der Waals surface area contributed by atoms with E-state index in [1.165, 1.54) is 18.4 Å². The minimum atomic E-state index is -0.118. The van der Waals surface area contributed by atoms with Crippen LogP contribution >= 0.6 is 11.3 Å². The Morgan fingerprint density at radius 3 is 3.25 bits per heavy atom. The van der Waals surface area contributed by atoms with E-state index in [4.69, 9.17) is 0 Å². The van der Waals surface area contributed by atoms with E-state index in [1.807, 2.05) is 5.38 Å². The van der Waals surface area contributed by atoms with Crippen molar-refractivity contribution in [1.29, 1.82) is 0 Å². The van der Waals surface area contributed by atoms with E-state index < -0.39 is 0 Å². The summed E-state index contributed by atoms with van der Waals surface area (Å²) in [5.41, 5.74) is 0. The highest BCUT2D eigenvalue weighted by Gasteiger charge is 2.00. The monoisotopic (exact) mass is 186 g/mol. The van der Waals surface area contributed by atoms with Gasteiger partial charge in [0.1, 0.15) is 11.6 Å².